The molecule has 9 nitrogen and oxygen atoms in total. The number of allylic oxidation sites excluding steroid dienone is 6. The molecule has 1 aliphatic carbocycles. The molecule has 9 heteroatoms. The maximum absolute atomic E-state index is 13.1. The van der Waals surface area contributed by atoms with Gasteiger partial charge in [0.05, 0.1) is 0 Å². The predicted molar refractivity (Wildman–Crippen MR) is 189 cm³/mol. The van der Waals surface area contributed by atoms with E-state index in [0.29, 0.717) is 37.4 Å². The quantitative estimate of drug-likeness (QED) is 0.172. The van der Waals surface area contributed by atoms with Crippen molar-refractivity contribution >= 4 is 41.7 Å². The van der Waals surface area contributed by atoms with Crippen molar-refractivity contribution in [3.05, 3.63) is 87.6 Å². The average molecular weight is 614 g/mol. The number of nitrogens with two attached hydrogens (primary N) is 3. The van der Waals surface area contributed by atoms with Crippen LogP contribution in [-0.2, 0) is 0 Å². The largest absolute Gasteiger partial charge is 0.403 e. The van der Waals surface area contributed by atoms with Gasteiger partial charge in [0.15, 0.2) is 0 Å². The molecular weight excluding hydrogens is 562 g/mol. The number of carbonyl (C=O) groups is 2. The number of nitrogen functional groups attached to an aromatic ring is 1. The fourth-order valence-electron chi connectivity index (χ4n) is 5.59. The number of nitrogens with zero attached hydrogens (tertiary/aromatic N) is 2. The van der Waals surface area contributed by atoms with Crippen molar-refractivity contribution in [2.45, 2.75) is 66.2 Å². The molecule has 1 heterocycles. The summed E-state index contributed by atoms with van der Waals surface area (Å²) in [6, 6.07) is 11.4. The van der Waals surface area contributed by atoms with E-state index in [9.17, 15) is 9.59 Å². The summed E-state index contributed by atoms with van der Waals surface area (Å²) in [6.45, 7) is 12.4. The normalized spacial score (nSPS) is 15.4. The maximum Gasteiger partial charge on any atom is 0.314 e. The Hall–Kier alpha value is -4.66. The molecule has 0 aromatic heterocycles. The van der Waals surface area contributed by atoms with Gasteiger partial charge in [-0.25, -0.2) is 4.79 Å². The summed E-state index contributed by atoms with van der Waals surface area (Å²) in [7, 11) is 0. The van der Waals surface area contributed by atoms with Crippen LogP contribution < -0.4 is 17.2 Å². The number of hydrogen-bond donors (Lipinski definition) is 5. The number of piperazine rings is 1. The molecule has 4 rings (SSSR count). The first-order valence-corrected chi connectivity index (χ1v) is 15.6. The Kier molecular flexibility index (Phi) is 14.8. The smallest absolute Gasteiger partial charge is 0.314 e. The lowest BCUT2D eigenvalue weighted by molar-refractivity contribution is 0.0669. The van der Waals surface area contributed by atoms with Gasteiger partial charge in [-0.2, -0.15) is 0 Å². The third-order valence-corrected chi connectivity index (χ3v) is 8.14. The first-order chi connectivity index (χ1) is 21.6. The van der Waals surface area contributed by atoms with Crippen molar-refractivity contribution in [2.75, 3.05) is 31.9 Å². The molecule has 3 amide bonds. The zero-order valence-corrected chi connectivity index (χ0v) is 27.4. The van der Waals surface area contributed by atoms with Gasteiger partial charge in [0.2, 0.25) is 0 Å². The molecule has 1 saturated heterocycles. The molecule has 2 aromatic carbocycles. The number of unbranched alkanes of at least 4 members (excludes halogenated alkanes) is 1. The van der Waals surface area contributed by atoms with Crippen LogP contribution in [0.25, 0.3) is 11.1 Å². The molecule has 0 saturated carbocycles. The Morgan fingerprint density at radius 2 is 1.49 bits per heavy atom. The molecular formula is C36H51N7O2. The standard InChI is InChI=1S/C31H39N5O2.C4H9N.CH3N/c1-3-4-7-24(25-8-5-6-9-26(25)29-21(2)10-15-28(33)27(29)20-32)22-11-13-23(14-12-22)30(37)35-16-18-36(19-17-35)31(34)38;1-3-4(2)5;1-2/h7,10-15,20,32H,3-6,8-9,16-19,33H2,1-2H3,(H2,34,38);3H,5H2,1-2H3;2H,1H2/b24-7+,32-20?;4-3+;. The lowest BCUT2D eigenvalue weighted by Crippen LogP contribution is -2.52. The number of hydrogen-bond acceptors (Lipinski definition) is 6. The molecule has 45 heavy (non-hydrogen) atoms. The van der Waals surface area contributed by atoms with Gasteiger partial charge in [-0.3, -0.25) is 4.79 Å². The summed E-state index contributed by atoms with van der Waals surface area (Å²) < 4.78 is 0. The third kappa shape index (κ3) is 9.66. The SMILES string of the molecule is C/C=C(\C)N.C=N.CCC/C=C(/C1=C(c2c(C)ccc(N)c2C=N)CCCC1)c1ccc(C(=O)N2CCN(C(N)=O)CC2)cc1. The summed E-state index contributed by atoms with van der Waals surface area (Å²) in [4.78, 5) is 27.9. The van der Waals surface area contributed by atoms with Crippen LogP contribution in [0.4, 0.5) is 10.5 Å². The number of carbonyl (C=O) groups excluding carboxylic acids is 2. The summed E-state index contributed by atoms with van der Waals surface area (Å²) in [5.41, 5.74) is 26.9. The number of aryl methyl sites for hydroxylation is 1. The highest BCUT2D eigenvalue weighted by molar-refractivity contribution is 5.99. The minimum absolute atomic E-state index is 0.0247. The minimum Gasteiger partial charge on any atom is -0.403 e. The van der Waals surface area contributed by atoms with Gasteiger partial charge in [-0.1, -0.05) is 43.7 Å². The zero-order valence-electron chi connectivity index (χ0n) is 27.4. The highest BCUT2D eigenvalue weighted by Crippen LogP contribution is 2.42. The topological polar surface area (TPSA) is 166 Å². The van der Waals surface area contributed by atoms with Gasteiger partial charge >= 0.3 is 6.03 Å². The van der Waals surface area contributed by atoms with E-state index < -0.39 is 6.03 Å². The van der Waals surface area contributed by atoms with Crippen LogP contribution in [0, 0.1) is 17.7 Å². The van der Waals surface area contributed by atoms with E-state index in [-0.39, 0.29) is 5.91 Å². The van der Waals surface area contributed by atoms with Crippen molar-refractivity contribution < 1.29 is 9.59 Å². The molecule has 0 atom stereocenters. The maximum atomic E-state index is 13.1. The molecule has 2 aromatic rings. The van der Waals surface area contributed by atoms with Gasteiger partial charge in [0.25, 0.3) is 5.91 Å². The van der Waals surface area contributed by atoms with Gasteiger partial charge in [0.1, 0.15) is 0 Å². The van der Waals surface area contributed by atoms with Crippen LogP contribution in [0.5, 0.6) is 0 Å². The first-order valence-electron chi connectivity index (χ1n) is 15.6. The second-order valence-electron chi connectivity index (χ2n) is 11.2. The molecule has 0 radical (unpaired) electrons. The van der Waals surface area contributed by atoms with Crippen molar-refractivity contribution in [3.63, 3.8) is 0 Å². The first kappa shape index (κ1) is 36.5. The summed E-state index contributed by atoms with van der Waals surface area (Å²) in [5.74, 6) is -0.0247. The third-order valence-electron chi connectivity index (χ3n) is 8.14. The molecule has 0 spiro atoms. The molecule has 0 bridgehead atoms. The predicted octanol–water partition coefficient (Wildman–Crippen LogP) is 6.76. The number of benzene rings is 2. The lowest BCUT2D eigenvalue weighted by Gasteiger charge is -2.33. The highest BCUT2D eigenvalue weighted by Gasteiger charge is 2.25. The number of primary amides is 1. The van der Waals surface area contributed by atoms with E-state index in [0.717, 1.165) is 66.5 Å². The van der Waals surface area contributed by atoms with Gasteiger partial charge in [-0.15, -0.1) is 0 Å². The fraction of sp³-hybridized carbons (Fsp3) is 0.389. The van der Waals surface area contributed by atoms with Crippen LogP contribution in [-0.4, -0.2) is 60.8 Å². The van der Waals surface area contributed by atoms with Crippen molar-refractivity contribution in [1.29, 1.82) is 10.8 Å². The van der Waals surface area contributed by atoms with Gasteiger partial charge in [-0.05, 0) is 111 Å². The Balaban J connectivity index is 0.000000917. The Morgan fingerprint density at radius 3 is 2.02 bits per heavy atom. The zero-order chi connectivity index (χ0) is 33.5. The summed E-state index contributed by atoms with van der Waals surface area (Å²) in [6.07, 6.45) is 11.7. The van der Waals surface area contributed by atoms with E-state index >= 15 is 0 Å². The van der Waals surface area contributed by atoms with E-state index in [4.69, 9.17) is 28.0 Å². The Morgan fingerprint density at radius 1 is 0.933 bits per heavy atom. The molecule has 1 aliphatic heterocycles. The van der Waals surface area contributed by atoms with Crippen LogP contribution >= 0.6 is 0 Å². The van der Waals surface area contributed by atoms with Gasteiger partial charge in [0, 0.05) is 54.9 Å². The number of anilines is 1. The van der Waals surface area contributed by atoms with E-state index in [2.05, 4.69) is 44.8 Å². The van der Waals surface area contributed by atoms with Crippen LogP contribution in [0.1, 0.15) is 91.9 Å². The lowest BCUT2D eigenvalue weighted by atomic mass is 9.78. The van der Waals surface area contributed by atoms with Crippen molar-refractivity contribution in [2.24, 2.45) is 11.5 Å². The highest BCUT2D eigenvalue weighted by atomic mass is 16.2. The van der Waals surface area contributed by atoms with Crippen LogP contribution in [0.15, 0.2) is 59.8 Å². The molecule has 0 unspecified atom stereocenters. The number of rotatable bonds is 7. The molecule has 8 N–H and O–H groups in total. The monoisotopic (exact) mass is 613 g/mol. The Bertz CT molecular complexity index is 1410. The van der Waals surface area contributed by atoms with Crippen LogP contribution in [0.3, 0.4) is 0 Å². The molecule has 1 fully saturated rings. The average Bonchev–Trinajstić information content (AvgIpc) is 3.07. The number of urea groups is 1. The van der Waals surface area contributed by atoms with Crippen molar-refractivity contribution in [3.8, 4) is 0 Å². The second kappa shape index (κ2) is 18.2. The van der Waals surface area contributed by atoms with E-state index in [1.165, 1.54) is 22.9 Å². The number of amides is 3. The number of nitrogens with one attached hydrogen (secondary N) is 2. The molecule has 242 valence electrons. The summed E-state index contributed by atoms with van der Waals surface area (Å²) in [5, 5.41) is 13.6. The Labute approximate surface area is 268 Å². The van der Waals surface area contributed by atoms with E-state index in [1.807, 2.05) is 38.1 Å². The molecule has 2 aliphatic rings. The van der Waals surface area contributed by atoms with Crippen LogP contribution in [0.2, 0.25) is 0 Å². The second-order valence-corrected chi connectivity index (χ2v) is 11.2. The van der Waals surface area contributed by atoms with Gasteiger partial charge < -0.3 is 37.8 Å². The minimum atomic E-state index is -0.439. The fourth-order valence-corrected chi connectivity index (χ4v) is 5.59. The van der Waals surface area contributed by atoms with Crippen molar-refractivity contribution in [1.82, 2.24) is 9.80 Å². The van der Waals surface area contributed by atoms with E-state index in [1.54, 1.807) is 9.80 Å². The summed E-state index contributed by atoms with van der Waals surface area (Å²) >= 11 is 0.